The first kappa shape index (κ1) is 30.1. The minimum absolute atomic E-state index is 0.00984. The van der Waals surface area contributed by atoms with Gasteiger partial charge < -0.3 is 24.1 Å². The largest absolute Gasteiger partial charge is 0.523 e. The molecule has 1 aliphatic rings. The lowest BCUT2D eigenvalue weighted by Crippen LogP contribution is -2.62. The van der Waals surface area contributed by atoms with Crippen molar-refractivity contribution in [3.05, 3.63) is 108 Å². The van der Waals surface area contributed by atoms with E-state index in [1.165, 1.54) is 0 Å². The highest BCUT2D eigenvalue weighted by Crippen LogP contribution is 2.34. The highest BCUT2D eigenvalue weighted by Gasteiger charge is 2.55. The molecular formula is C28H29F3O8S. The molecule has 1 aliphatic heterocycles. The Bertz CT molecular complexity index is 1280. The normalized spacial score (nSPS) is 23.6. The first-order valence-electron chi connectivity index (χ1n) is 12.4. The molecule has 8 nitrogen and oxygen atoms in total. The van der Waals surface area contributed by atoms with E-state index in [1.807, 2.05) is 30.3 Å². The Morgan fingerprint density at radius 3 is 1.62 bits per heavy atom. The van der Waals surface area contributed by atoms with Gasteiger partial charge in [0.15, 0.2) is 12.4 Å². The van der Waals surface area contributed by atoms with Crippen LogP contribution in [0.1, 0.15) is 16.7 Å². The van der Waals surface area contributed by atoms with Crippen LogP contribution in [0.2, 0.25) is 0 Å². The summed E-state index contributed by atoms with van der Waals surface area (Å²) in [5.74, 6) is 0. The van der Waals surface area contributed by atoms with Crippen molar-refractivity contribution in [2.45, 2.75) is 56.0 Å². The monoisotopic (exact) mass is 582 g/mol. The maximum Gasteiger partial charge on any atom is 0.523 e. The van der Waals surface area contributed by atoms with Crippen LogP contribution in [0.25, 0.3) is 0 Å². The third-order valence-corrected chi connectivity index (χ3v) is 7.14. The van der Waals surface area contributed by atoms with Crippen LogP contribution < -0.4 is 0 Å². The molecule has 0 unspecified atom stereocenters. The van der Waals surface area contributed by atoms with Crippen molar-refractivity contribution in [3.63, 3.8) is 0 Å². The summed E-state index contributed by atoms with van der Waals surface area (Å²) >= 11 is 0. The maximum absolute atomic E-state index is 13.2. The maximum atomic E-state index is 13.2. The Balaban J connectivity index is 1.61. The second-order valence-corrected chi connectivity index (χ2v) is 10.6. The predicted molar refractivity (Wildman–Crippen MR) is 137 cm³/mol. The van der Waals surface area contributed by atoms with E-state index in [9.17, 15) is 26.7 Å². The molecule has 0 aliphatic carbocycles. The molecule has 216 valence electrons. The zero-order valence-electron chi connectivity index (χ0n) is 21.2. The lowest BCUT2D eigenvalue weighted by molar-refractivity contribution is -0.302. The number of hydrogen-bond acceptors (Lipinski definition) is 8. The fourth-order valence-corrected chi connectivity index (χ4v) is 4.73. The van der Waals surface area contributed by atoms with Crippen molar-refractivity contribution in [2.24, 2.45) is 0 Å². The summed E-state index contributed by atoms with van der Waals surface area (Å²) in [6.45, 7) is -0.105. The third-order valence-electron chi connectivity index (χ3n) is 6.09. The molecule has 3 aromatic carbocycles. The van der Waals surface area contributed by atoms with Crippen molar-refractivity contribution >= 4 is 10.1 Å². The van der Waals surface area contributed by atoms with Crippen molar-refractivity contribution in [1.29, 1.82) is 0 Å². The summed E-state index contributed by atoms with van der Waals surface area (Å²) in [5, 5.41) is 10.7. The molecule has 0 bridgehead atoms. The summed E-state index contributed by atoms with van der Waals surface area (Å²) in [4.78, 5) is 0. The summed E-state index contributed by atoms with van der Waals surface area (Å²) < 4.78 is 91.4. The van der Waals surface area contributed by atoms with Gasteiger partial charge in [-0.05, 0) is 16.7 Å². The second-order valence-electron chi connectivity index (χ2n) is 9.05. The molecule has 1 fully saturated rings. The van der Waals surface area contributed by atoms with Gasteiger partial charge in [0.05, 0.1) is 26.4 Å². The standard InChI is InChI=1S/C28H29F3O8S/c29-28(30,31)40(33,34)39-26-25(37-18-22-14-8-3-9-15-22)24(36-17-21-12-6-2-7-13-21)23(38-27(26)32)19-35-16-20-10-4-1-5-11-20/h1-15,23-27,32H,16-19H2/t23-,24+,25+,26-,27-/m1/s1. The van der Waals surface area contributed by atoms with Gasteiger partial charge in [-0.15, -0.1) is 0 Å². The molecule has 0 radical (unpaired) electrons. The number of alkyl halides is 3. The highest BCUT2D eigenvalue weighted by atomic mass is 32.2. The number of benzene rings is 3. The zero-order chi connectivity index (χ0) is 28.6. The van der Waals surface area contributed by atoms with Crippen LogP contribution in [-0.4, -0.2) is 56.3 Å². The average Bonchev–Trinajstić information content (AvgIpc) is 2.94. The van der Waals surface area contributed by atoms with Crippen LogP contribution in [0.15, 0.2) is 91.0 Å². The molecule has 1 saturated heterocycles. The molecule has 0 aromatic heterocycles. The second kappa shape index (κ2) is 13.7. The molecule has 0 amide bonds. The molecule has 0 spiro atoms. The van der Waals surface area contributed by atoms with Gasteiger partial charge in [0.25, 0.3) is 0 Å². The molecule has 1 heterocycles. The Labute approximate surface area is 230 Å². The van der Waals surface area contributed by atoms with E-state index in [1.54, 1.807) is 60.7 Å². The fraction of sp³-hybridized carbons (Fsp3) is 0.357. The van der Waals surface area contributed by atoms with Crippen molar-refractivity contribution in [2.75, 3.05) is 6.61 Å². The molecule has 0 saturated carbocycles. The van der Waals surface area contributed by atoms with Gasteiger partial charge in [0, 0.05) is 0 Å². The SMILES string of the molecule is O=S(=O)(O[C@@H]1[C@@H](OCc2ccccc2)[C@@H](OCc2ccccc2)[C@@H](COCc2ccccc2)O[C@H]1O)C(F)(F)F. The first-order chi connectivity index (χ1) is 19.1. The Morgan fingerprint density at radius 1 is 0.700 bits per heavy atom. The van der Waals surface area contributed by atoms with Crippen molar-refractivity contribution in [1.82, 2.24) is 0 Å². The summed E-state index contributed by atoms with van der Waals surface area (Å²) in [5.41, 5.74) is -3.48. The van der Waals surface area contributed by atoms with E-state index in [0.29, 0.717) is 5.56 Å². The van der Waals surface area contributed by atoms with E-state index < -0.39 is 46.3 Å². The summed E-state index contributed by atoms with van der Waals surface area (Å²) in [6, 6.07) is 26.8. The molecule has 3 aromatic rings. The Hall–Kier alpha value is -2.84. The average molecular weight is 583 g/mol. The number of rotatable bonds is 12. The number of aliphatic hydroxyl groups excluding tert-OH is 1. The van der Waals surface area contributed by atoms with Gasteiger partial charge in [-0.1, -0.05) is 91.0 Å². The van der Waals surface area contributed by atoms with E-state index in [-0.39, 0.29) is 26.4 Å². The predicted octanol–water partition coefficient (Wildman–Crippen LogP) is 4.33. The quantitative estimate of drug-likeness (QED) is 0.249. The van der Waals surface area contributed by atoms with Crippen LogP contribution >= 0.6 is 0 Å². The number of halogens is 3. The van der Waals surface area contributed by atoms with E-state index >= 15 is 0 Å². The smallest absolute Gasteiger partial charge is 0.374 e. The van der Waals surface area contributed by atoms with Crippen LogP contribution in [0, 0.1) is 0 Å². The molecule has 12 heteroatoms. The topological polar surface area (TPSA) is 101 Å². The summed E-state index contributed by atoms with van der Waals surface area (Å²) in [6.07, 6.45) is -7.90. The van der Waals surface area contributed by atoms with Gasteiger partial charge >= 0.3 is 15.6 Å². The molecular weight excluding hydrogens is 553 g/mol. The minimum atomic E-state index is -6.11. The van der Waals surface area contributed by atoms with Crippen molar-refractivity contribution < 1.29 is 49.8 Å². The number of hydrogen-bond donors (Lipinski definition) is 1. The lowest BCUT2D eigenvalue weighted by atomic mass is 9.98. The van der Waals surface area contributed by atoms with Crippen LogP contribution in [-0.2, 0) is 53.1 Å². The molecule has 4 rings (SSSR count). The number of aliphatic hydroxyl groups is 1. The molecule has 1 N–H and O–H groups in total. The van der Waals surface area contributed by atoms with Gasteiger partial charge in [-0.3, -0.25) is 4.18 Å². The first-order valence-corrected chi connectivity index (χ1v) is 13.8. The lowest BCUT2D eigenvalue weighted by Gasteiger charge is -2.44. The fourth-order valence-electron chi connectivity index (χ4n) is 4.12. The van der Waals surface area contributed by atoms with E-state index in [2.05, 4.69) is 4.18 Å². The van der Waals surface area contributed by atoms with Gasteiger partial charge in [0.2, 0.25) is 0 Å². The van der Waals surface area contributed by atoms with E-state index in [4.69, 9.17) is 18.9 Å². The van der Waals surface area contributed by atoms with Crippen molar-refractivity contribution in [3.8, 4) is 0 Å². The zero-order valence-corrected chi connectivity index (χ0v) is 22.0. The van der Waals surface area contributed by atoms with Crippen LogP contribution in [0.3, 0.4) is 0 Å². The van der Waals surface area contributed by atoms with E-state index in [0.717, 1.165) is 11.1 Å². The third kappa shape index (κ3) is 8.10. The molecule has 5 atom stereocenters. The Morgan fingerprint density at radius 2 is 1.15 bits per heavy atom. The highest BCUT2D eigenvalue weighted by molar-refractivity contribution is 7.87. The molecule has 40 heavy (non-hydrogen) atoms. The minimum Gasteiger partial charge on any atom is -0.374 e. The number of ether oxygens (including phenoxy) is 4. The van der Waals surface area contributed by atoms with Gasteiger partial charge in [-0.25, -0.2) is 0 Å². The summed E-state index contributed by atoms with van der Waals surface area (Å²) in [7, 11) is -6.11. The van der Waals surface area contributed by atoms with Crippen LogP contribution in [0.4, 0.5) is 13.2 Å². The van der Waals surface area contributed by atoms with Gasteiger partial charge in [0.1, 0.15) is 18.3 Å². The van der Waals surface area contributed by atoms with Gasteiger partial charge in [-0.2, -0.15) is 21.6 Å². The Kier molecular flexibility index (Phi) is 10.3. The van der Waals surface area contributed by atoms with Crippen LogP contribution in [0.5, 0.6) is 0 Å².